The topological polar surface area (TPSA) is 25.2 Å². The van der Waals surface area contributed by atoms with Crippen LogP contribution in [0.25, 0.3) is 0 Å². The summed E-state index contributed by atoms with van der Waals surface area (Å²) in [6.07, 6.45) is 2.00. The van der Waals surface area contributed by atoms with Gasteiger partial charge in [-0.15, -0.1) is 0 Å². The highest BCUT2D eigenvalue weighted by Crippen LogP contribution is 2.36. The molecule has 0 saturated heterocycles. The number of benzene rings is 2. The normalized spacial score (nSPS) is 16.4. The zero-order valence-corrected chi connectivity index (χ0v) is 15.2. The Labute approximate surface area is 160 Å². The molecule has 2 heterocycles. The fraction of sp³-hybridized carbons (Fsp3) is 0.150. The lowest BCUT2D eigenvalue weighted by Gasteiger charge is -2.37. The third-order valence-electron chi connectivity index (χ3n) is 4.65. The molecule has 0 N–H and O–H groups in total. The van der Waals surface area contributed by atoms with Gasteiger partial charge in [0.1, 0.15) is 5.82 Å². The number of amides is 1. The molecule has 1 aliphatic rings. The molecule has 0 radical (unpaired) electrons. The Hall–Kier alpha value is -2.30. The summed E-state index contributed by atoms with van der Waals surface area (Å²) in [5.41, 5.74) is 2.34. The minimum Gasteiger partial charge on any atom is -0.348 e. The highest BCUT2D eigenvalue weighted by molar-refractivity contribution is 6.42. The number of nitrogens with zero attached hydrogens (tertiary/aromatic N) is 2. The molecule has 0 spiro atoms. The summed E-state index contributed by atoms with van der Waals surface area (Å²) in [4.78, 5) is 14.9. The summed E-state index contributed by atoms with van der Waals surface area (Å²) < 4.78 is 15.3. The monoisotopic (exact) mass is 388 g/mol. The number of hydrogen-bond donors (Lipinski definition) is 0. The summed E-state index contributed by atoms with van der Waals surface area (Å²) in [7, 11) is 0. The van der Waals surface area contributed by atoms with Crippen LogP contribution >= 0.6 is 23.2 Å². The molecular weight excluding hydrogens is 374 g/mol. The van der Waals surface area contributed by atoms with Gasteiger partial charge in [-0.25, -0.2) is 4.39 Å². The van der Waals surface area contributed by atoms with Crippen molar-refractivity contribution in [3.8, 4) is 0 Å². The molecule has 26 heavy (non-hydrogen) atoms. The average Bonchev–Trinajstić information content (AvgIpc) is 3.12. The first-order chi connectivity index (χ1) is 12.5. The van der Waals surface area contributed by atoms with E-state index in [1.54, 1.807) is 17.0 Å². The molecule has 4 rings (SSSR count). The molecular formula is C20H15Cl2FN2O. The van der Waals surface area contributed by atoms with E-state index < -0.39 is 0 Å². The van der Waals surface area contributed by atoms with Crippen molar-refractivity contribution in [3.63, 3.8) is 0 Å². The molecule has 0 saturated carbocycles. The Balaban J connectivity index is 1.78. The SMILES string of the molecule is O=C(c1ccc(F)cc1)N1CCn2cccc2C1c1ccc(Cl)c(Cl)c1. The first kappa shape index (κ1) is 17.1. The van der Waals surface area contributed by atoms with Gasteiger partial charge in [-0.2, -0.15) is 0 Å². The van der Waals surface area contributed by atoms with E-state index in [1.807, 2.05) is 24.4 Å². The van der Waals surface area contributed by atoms with Crippen LogP contribution in [0, 0.1) is 5.82 Å². The molecule has 3 aromatic rings. The summed E-state index contributed by atoms with van der Waals surface area (Å²) in [6.45, 7) is 1.25. The van der Waals surface area contributed by atoms with Crippen LogP contribution in [-0.4, -0.2) is 21.9 Å². The molecule has 3 nitrogen and oxygen atoms in total. The van der Waals surface area contributed by atoms with Gasteiger partial charge in [0.25, 0.3) is 5.91 Å². The van der Waals surface area contributed by atoms with Gasteiger partial charge in [0, 0.05) is 30.5 Å². The van der Waals surface area contributed by atoms with E-state index in [-0.39, 0.29) is 17.8 Å². The van der Waals surface area contributed by atoms with Gasteiger partial charge in [-0.1, -0.05) is 29.3 Å². The number of aromatic nitrogens is 1. The van der Waals surface area contributed by atoms with Crippen LogP contribution in [0.3, 0.4) is 0 Å². The van der Waals surface area contributed by atoms with E-state index in [4.69, 9.17) is 23.2 Å². The average molecular weight is 389 g/mol. The van der Waals surface area contributed by atoms with E-state index >= 15 is 0 Å². The molecule has 1 aromatic heterocycles. The van der Waals surface area contributed by atoms with Crippen molar-refractivity contribution in [3.05, 3.63) is 93.5 Å². The number of fused-ring (bicyclic) bond motifs is 1. The Morgan fingerprint density at radius 1 is 1.00 bits per heavy atom. The number of carbonyl (C=O) groups excluding carboxylic acids is 1. The van der Waals surface area contributed by atoms with Crippen LogP contribution in [0.4, 0.5) is 4.39 Å². The van der Waals surface area contributed by atoms with Gasteiger partial charge in [0.15, 0.2) is 0 Å². The van der Waals surface area contributed by atoms with Gasteiger partial charge >= 0.3 is 0 Å². The predicted octanol–water partition coefficient (Wildman–Crippen LogP) is 5.18. The fourth-order valence-corrected chi connectivity index (χ4v) is 3.70. The quantitative estimate of drug-likeness (QED) is 0.593. The lowest BCUT2D eigenvalue weighted by Crippen LogP contribution is -2.42. The molecule has 0 bridgehead atoms. The van der Waals surface area contributed by atoms with Crippen molar-refractivity contribution >= 4 is 29.1 Å². The molecule has 6 heteroatoms. The van der Waals surface area contributed by atoms with Crippen molar-refractivity contribution in [1.29, 1.82) is 0 Å². The highest BCUT2D eigenvalue weighted by atomic mass is 35.5. The van der Waals surface area contributed by atoms with Crippen molar-refractivity contribution < 1.29 is 9.18 Å². The lowest BCUT2D eigenvalue weighted by atomic mass is 9.99. The Morgan fingerprint density at radius 2 is 1.77 bits per heavy atom. The second kappa shape index (κ2) is 6.78. The Bertz CT molecular complexity index is 968. The second-order valence-electron chi connectivity index (χ2n) is 6.21. The zero-order chi connectivity index (χ0) is 18.3. The predicted molar refractivity (Wildman–Crippen MR) is 100 cm³/mol. The molecule has 2 aromatic carbocycles. The highest BCUT2D eigenvalue weighted by Gasteiger charge is 2.32. The van der Waals surface area contributed by atoms with Crippen LogP contribution in [-0.2, 0) is 6.54 Å². The fourth-order valence-electron chi connectivity index (χ4n) is 3.39. The zero-order valence-electron chi connectivity index (χ0n) is 13.7. The second-order valence-corrected chi connectivity index (χ2v) is 7.02. The first-order valence-electron chi connectivity index (χ1n) is 8.21. The van der Waals surface area contributed by atoms with Gasteiger partial charge in [0.2, 0.25) is 0 Å². The molecule has 0 fully saturated rings. The minimum atomic E-state index is -0.366. The van der Waals surface area contributed by atoms with E-state index in [0.29, 0.717) is 28.7 Å². The summed E-state index contributed by atoms with van der Waals surface area (Å²) >= 11 is 12.3. The molecule has 1 aliphatic heterocycles. The van der Waals surface area contributed by atoms with Gasteiger partial charge in [0.05, 0.1) is 16.1 Å². The molecule has 1 atom stereocenters. The number of halogens is 3. The number of rotatable bonds is 2. The van der Waals surface area contributed by atoms with Crippen LogP contribution in [0.2, 0.25) is 10.0 Å². The Kier molecular flexibility index (Phi) is 4.47. The van der Waals surface area contributed by atoms with Crippen LogP contribution < -0.4 is 0 Å². The van der Waals surface area contributed by atoms with Crippen molar-refractivity contribution in [2.24, 2.45) is 0 Å². The maximum absolute atomic E-state index is 13.2. The molecule has 1 amide bonds. The number of carbonyl (C=O) groups is 1. The van der Waals surface area contributed by atoms with Crippen molar-refractivity contribution in [2.75, 3.05) is 6.54 Å². The van der Waals surface area contributed by atoms with E-state index in [9.17, 15) is 9.18 Å². The molecule has 0 aliphatic carbocycles. The van der Waals surface area contributed by atoms with Gasteiger partial charge in [-0.3, -0.25) is 4.79 Å². The van der Waals surface area contributed by atoms with Crippen LogP contribution in [0.5, 0.6) is 0 Å². The van der Waals surface area contributed by atoms with Crippen LogP contribution in [0.15, 0.2) is 60.8 Å². The number of hydrogen-bond acceptors (Lipinski definition) is 1. The maximum Gasteiger partial charge on any atom is 0.254 e. The van der Waals surface area contributed by atoms with E-state index in [1.165, 1.54) is 24.3 Å². The standard InChI is InChI=1S/C20H15Cl2FN2O/c21-16-8-5-14(12-17(16)22)19-18-2-1-9-24(18)10-11-25(19)20(26)13-3-6-15(23)7-4-13/h1-9,12,19H,10-11H2. The summed E-state index contributed by atoms with van der Waals surface area (Å²) in [5.74, 6) is -0.511. The summed E-state index contributed by atoms with van der Waals surface area (Å²) in [5, 5.41) is 0.917. The van der Waals surface area contributed by atoms with Crippen molar-refractivity contribution in [2.45, 2.75) is 12.6 Å². The largest absolute Gasteiger partial charge is 0.348 e. The Morgan fingerprint density at radius 3 is 2.50 bits per heavy atom. The van der Waals surface area contributed by atoms with Gasteiger partial charge < -0.3 is 9.47 Å². The van der Waals surface area contributed by atoms with Crippen molar-refractivity contribution in [1.82, 2.24) is 9.47 Å². The molecule has 132 valence electrons. The van der Waals surface area contributed by atoms with Crippen LogP contribution in [0.1, 0.15) is 27.7 Å². The third kappa shape index (κ3) is 3.00. The maximum atomic E-state index is 13.2. The smallest absolute Gasteiger partial charge is 0.254 e. The minimum absolute atomic E-state index is 0.145. The first-order valence-corrected chi connectivity index (χ1v) is 8.97. The third-order valence-corrected chi connectivity index (χ3v) is 5.39. The summed E-state index contributed by atoms with van der Waals surface area (Å²) in [6, 6.07) is 14.7. The van der Waals surface area contributed by atoms with E-state index in [2.05, 4.69) is 4.57 Å². The molecule has 1 unspecified atom stereocenters. The van der Waals surface area contributed by atoms with Gasteiger partial charge in [-0.05, 0) is 54.1 Å². The lowest BCUT2D eigenvalue weighted by molar-refractivity contribution is 0.0664. The van der Waals surface area contributed by atoms with E-state index in [0.717, 1.165) is 11.3 Å².